The molecule has 25 rings (SSSR count). The summed E-state index contributed by atoms with van der Waals surface area (Å²) >= 11 is 0. The van der Waals surface area contributed by atoms with E-state index in [0.29, 0.717) is 0 Å². The summed E-state index contributed by atoms with van der Waals surface area (Å²) in [6.45, 7) is 0. The van der Waals surface area contributed by atoms with Gasteiger partial charge in [0.1, 0.15) is 0 Å². The van der Waals surface area contributed by atoms with Crippen LogP contribution in [0.5, 0.6) is 0 Å². The first-order valence-electron chi connectivity index (χ1n) is 29.8. The van der Waals surface area contributed by atoms with Crippen molar-refractivity contribution in [2.75, 3.05) is 0 Å². The lowest BCUT2D eigenvalue weighted by Gasteiger charge is -2.10. The first kappa shape index (κ1) is 50.0. The van der Waals surface area contributed by atoms with Crippen LogP contribution >= 0.6 is 0 Å². The molecule has 25 aromatic rings. The monoisotopic (exact) mass is 1100 g/mol. The number of nitrogens with zero attached hydrogens (tertiary/aromatic N) is 3. The van der Waals surface area contributed by atoms with E-state index in [0.717, 1.165) is 87.0 Å². The van der Waals surface area contributed by atoms with Gasteiger partial charge >= 0.3 is 0 Å². The highest BCUT2D eigenvalue weighted by atomic mass is 15.0. The minimum Gasteiger partial charge on any atom is -0.309 e. The molecule has 12 heterocycles. The molecule has 0 radical (unpaired) electrons. The number of fused-ring (bicyclic) bond motifs is 5. The molecule has 0 N–H and O–H groups in total. The average Bonchev–Trinajstić information content (AvgIpc) is 2.19. The predicted octanol–water partition coefficient (Wildman–Crippen LogP) is 23.1. The van der Waals surface area contributed by atoms with Gasteiger partial charge in [0.15, 0.2) is 0 Å². The van der Waals surface area contributed by atoms with Crippen LogP contribution in [0, 0.1) is 0 Å². The zero-order valence-corrected chi connectivity index (χ0v) is 47.4. The second-order valence-corrected chi connectivity index (χ2v) is 22.9. The van der Waals surface area contributed by atoms with Crippen molar-refractivity contribution in [3.8, 4) is 5.69 Å². The summed E-state index contributed by atoms with van der Waals surface area (Å²) in [5.74, 6) is 0. The molecule has 0 aliphatic carbocycles. The van der Waals surface area contributed by atoms with Crippen LogP contribution in [-0.2, 0) is 0 Å². The first-order valence-corrected chi connectivity index (χ1v) is 29.8. The number of hydrogen-bond donors (Lipinski definition) is 0. The second kappa shape index (κ2) is 20.7. The van der Waals surface area contributed by atoms with Gasteiger partial charge < -0.3 is 4.57 Å². The van der Waals surface area contributed by atoms with Crippen molar-refractivity contribution < 1.29 is 0 Å². The quantitative estimate of drug-likeness (QED) is 0.153. The minimum atomic E-state index is 0.899. The number of pyridine rings is 2. The van der Waals surface area contributed by atoms with Crippen molar-refractivity contribution in [3.63, 3.8) is 0 Å². The third-order valence-corrected chi connectivity index (χ3v) is 17.8. The van der Waals surface area contributed by atoms with Crippen molar-refractivity contribution >= 4 is 162 Å². The highest BCUT2D eigenvalue weighted by Gasteiger charge is 2.13. The number of aromatic nitrogens is 3. The smallest absolute Gasteiger partial charge is 0.0972 e. The first-order chi connectivity index (χ1) is 43.0. The van der Waals surface area contributed by atoms with E-state index in [1.54, 1.807) is 0 Å². The van der Waals surface area contributed by atoms with Crippen LogP contribution < -0.4 is 0 Å². The lowest BCUT2D eigenvalue weighted by atomic mass is 10.0. The summed E-state index contributed by atoms with van der Waals surface area (Å²) in [6.07, 6.45) is 0. The molecule has 3 nitrogen and oxygen atoms in total. The molecule has 0 saturated heterocycles. The Bertz CT molecular complexity index is 5920. The summed E-state index contributed by atoms with van der Waals surface area (Å²) in [7, 11) is 0. The Morgan fingerprint density at radius 1 is 0.172 bits per heavy atom. The Morgan fingerprint density at radius 3 is 0.736 bits per heavy atom. The Kier molecular flexibility index (Phi) is 11.9. The largest absolute Gasteiger partial charge is 0.309 e. The van der Waals surface area contributed by atoms with Gasteiger partial charge in [0.2, 0.25) is 0 Å². The van der Waals surface area contributed by atoms with Crippen molar-refractivity contribution in [2.24, 2.45) is 0 Å². The van der Waals surface area contributed by atoms with Gasteiger partial charge in [-0.25, -0.2) is 9.97 Å². The van der Waals surface area contributed by atoms with Gasteiger partial charge in [0, 0.05) is 38.0 Å². The van der Waals surface area contributed by atoms with Crippen molar-refractivity contribution in [1.82, 2.24) is 14.5 Å². The minimum absolute atomic E-state index is 0.899. The number of benzene rings is 13. The number of para-hydroxylation sites is 2. The van der Waals surface area contributed by atoms with Gasteiger partial charge in [-0.1, -0.05) is 261 Å². The van der Waals surface area contributed by atoms with Crippen LogP contribution in [-0.4, -0.2) is 14.5 Å². The zero-order chi connectivity index (χ0) is 57.4. The van der Waals surface area contributed by atoms with Crippen LogP contribution in [0.4, 0.5) is 0 Å². The van der Waals surface area contributed by atoms with Crippen LogP contribution in [0.15, 0.2) is 322 Å². The number of rotatable bonds is 1. The van der Waals surface area contributed by atoms with Gasteiger partial charge in [0.25, 0.3) is 0 Å². The van der Waals surface area contributed by atoms with Gasteiger partial charge in [-0.2, -0.15) is 0 Å². The van der Waals surface area contributed by atoms with Crippen LogP contribution in [0.3, 0.4) is 0 Å². The number of hydrogen-bond acceptors (Lipinski definition) is 2. The molecule has 87 heavy (non-hydrogen) atoms. The molecule has 0 aliphatic rings. The fraction of sp³-hybridized carbons (Fsp3) is 0. The van der Waals surface area contributed by atoms with Gasteiger partial charge in [-0.3, -0.25) is 0 Å². The van der Waals surface area contributed by atoms with E-state index in [4.69, 9.17) is 9.97 Å². The molecule has 24 bridgehead atoms. The molecule has 0 atom stereocenters. The van der Waals surface area contributed by atoms with E-state index in [9.17, 15) is 0 Å². The summed E-state index contributed by atoms with van der Waals surface area (Å²) in [5.41, 5.74) is 7.12. The second-order valence-electron chi connectivity index (χ2n) is 22.9. The Balaban J connectivity index is 0.855. The average molecular weight is 1100 g/mol. The molecule has 0 unspecified atom stereocenters. The molecule has 0 aliphatic heterocycles. The summed E-state index contributed by atoms with van der Waals surface area (Å²) in [4.78, 5) is 10.6. The van der Waals surface area contributed by atoms with Gasteiger partial charge in [0.05, 0.1) is 33.1 Å². The maximum absolute atomic E-state index is 5.28. The van der Waals surface area contributed by atoms with E-state index in [1.165, 1.54) is 81.1 Å². The normalized spacial score (nSPS) is 11.7. The highest BCUT2D eigenvalue weighted by Crippen LogP contribution is 2.35. The molecule has 3 heteroatoms. The highest BCUT2D eigenvalue weighted by molar-refractivity contribution is 6.11. The Hall–Kier alpha value is -11.5. The maximum atomic E-state index is 5.28. The van der Waals surface area contributed by atoms with E-state index in [2.05, 4.69) is 326 Å². The Labute approximate surface area is 501 Å². The molecule has 12 aromatic heterocycles. The third-order valence-electron chi connectivity index (χ3n) is 17.8. The lowest BCUT2D eigenvalue weighted by Crippen LogP contribution is -1.93. The predicted molar refractivity (Wildman–Crippen MR) is 374 cm³/mol. The van der Waals surface area contributed by atoms with Crippen molar-refractivity contribution in [1.29, 1.82) is 0 Å². The van der Waals surface area contributed by atoms with E-state index >= 15 is 0 Å². The third kappa shape index (κ3) is 9.09. The van der Waals surface area contributed by atoms with Crippen LogP contribution in [0.1, 0.15) is 0 Å². The molecular weight excluding hydrogens is 1050 g/mol. The summed E-state index contributed by atoms with van der Waals surface area (Å²) < 4.78 is 2.44. The summed E-state index contributed by atoms with van der Waals surface area (Å²) in [6, 6.07) is 118. The molecule has 13 aromatic carbocycles. The van der Waals surface area contributed by atoms with Crippen LogP contribution in [0.25, 0.3) is 168 Å². The van der Waals surface area contributed by atoms with E-state index in [1.807, 2.05) is 0 Å². The zero-order valence-electron chi connectivity index (χ0n) is 47.4. The lowest BCUT2D eigenvalue weighted by molar-refractivity contribution is 1.19. The van der Waals surface area contributed by atoms with Crippen molar-refractivity contribution in [2.45, 2.75) is 0 Å². The molecule has 0 spiro atoms. The topological polar surface area (TPSA) is 30.7 Å². The summed E-state index contributed by atoms with van der Waals surface area (Å²) in [5, 5.41) is 27.7. The van der Waals surface area contributed by atoms with Crippen molar-refractivity contribution in [3.05, 3.63) is 322 Å². The molecule has 0 saturated carbocycles. The van der Waals surface area contributed by atoms with E-state index < -0.39 is 0 Å². The fourth-order valence-electron chi connectivity index (χ4n) is 13.1. The molecule has 0 amide bonds. The fourth-order valence-corrected chi connectivity index (χ4v) is 13.1. The molecule has 404 valence electrons. The Morgan fingerprint density at radius 2 is 0.414 bits per heavy atom. The van der Waals surface area contributed by atoms with E-state index in [-0.39, 0.29) is 0 Å². The van der Waals surface area contributed by atoms with Gasteiger partial charge in [-0.15, -0.1) is 0 Å². The molecular formula is C84H53N3. The molecule has 0 fully saturated rings. The van der Waals surface area contributed by atoms with Gasteiger partial charge in [-0.05, 0) is 158 Å². The van der Waals surface area contributed by atoms with Crippen LogP contribution in [0.2, 0.25) is 0 Å². The SMILES string of the molecule is c1cc2cc(c1)c1ccc(cc1)c1cccc(c1)c1cc(-n3c4ccccc4c4ccccc43)cc(c1)c1cccc(c1)c1ccc(cc1)c1ccc(cc1)c1ccc(cc1)c1ccc3ccc4ccc(nc4c3n1)c1ccc(cc1)c1ccc2cc1. The maximum Gasteiger partial charge on any atom is 0.0972 e. The standard InChI is InChI=1S/C84H53N3/c1-3-16-81-77(14-1)78-15-2-4-17-82(78)87(81)76-52-74-51-75(53-76)73-13-7-11-71(50-73)63-32-30-62(31-33-63)69-9-5-8-68(48-69)60-26-24-57(25-27-60)59-36-40-65(41-37-59)80-47-45-67-43-42-66-44-46-79(85-83(66)84(67)86-80)64-38-34-58(35-39-64)55-20-18-54(19-21-55)56-22-28-61(29-23-56)70-10-6-12-72(74)49-70/h1-53H.